The van der Waals surface area contributed by atoms with Crippen LogP contribution in [0.25, 0.3) is 0 Å². The van der Waals surface area contributed by atoms with Crippen molar-refractivity contribution >= 4 is 11.6 Å². The third-order valence-electron chi connectivity index (χ3n) is 4.00. The molecule has 0 radical (unpaired) electrons. The second-order valence-corrected chi connectivity index (χ2v) is 5.40. The lowest BCUT2D eigenvalue weighted by Crippen LogP contribution is -2.42. The van der Waals surface area contributed by atoms with Crippen LogP contribution in [0.3, 0.4) is 0 Å². The Labute approximate surface area is 121 Å². The van der Waals surface area contributed by atoms with Crippen LogP contribution in [-0.2, 0) is 0 Å². The highest BCUT2D eigenvalue weighted by molar-refractivity contribution is 5.98. The number of nitrogens with zero attached hydrogens (tertiary/aromatic N) is 2. The Morgan fingerprint density at radius 3 is 2.57 bits per heavy atom. The van der Waals surface area contributed by atoms with E-state index >= 15 is 0 Å². The molecule has 1 fully saturated rings. The van der Waals surface area contributed by atoms with Crippen LogP contribution >= 0.6 is 0 Å². The number of carbonyl (C=O) groups excluding carboxylic acids is 1. The third kappa shape index (κ3) is 3.36. The fraction of sp³-hybridized carbons (Fsp3) is 0.500. The zero-order valence-electron chi connectivity index (χ0n) is 11.8. The molecule has 2 rings (SSSR count). The first-order valence-corrected chi connectivity index (χ1v) is 6.87. The predicted molar refractivity (Wildman–Crippen MR) is 75.4 cm³/mol. The highest BCUT2D eigenvalue weighted by Gasteiger charge is 2.29. The molecule has 114 valence electrons. The molecule has 0 atom stereocenters. The van der Waals surface area contributed by atoms with E-state index in [-0.39, 0.29) is 23.3 Å². The molecule has 1 aromatic carbocycles. The highest BCUT2D eigenvalue weighted by Crippen LogP contribution is 2.26. The molecule has 2 N–H and O–H groups in total. The van der Waals surface area contributed by atoms with Gasteiger partial charge in [0.15, 0.2) is 0 Å². The summed E-state index contributed by atoms with van der Waals surface area (Å²) in [6, 6.07) is 3.06. The average Bonchev–Trinajstić information content (AvgIpc) is 2.46. The summed E-state index contributed by atoms with van der Waals surface area (Å²) in [6.45, 7) is 0. The SMILES string of the molecule is CN(C(=O)c1cc(F)ccc1[N+](=O)[O-])C1CCC(N)CC1. The topological polar surface area (TPSA) is 89.5 Å². The molecular formula is C14H18FN3O3. The van der Waals surface area contributed by atoms with Gasteiger partial charge in [0.05, 0.1) is 4.92 Å². The number of benzene rings is 1. The standard InChI is InChI=1S/C14H18FN3O3/c1-17(11-5-3-10(16)4-6-11)14(19)12-8-9(15)2-7-13(12)18(20)21/h2,7-8,10-11H,3-6,16H2,1H3. The summed E-state index contributed by atoms with van der Waals surface area (Å²) in [4.78, 5) is 24.2. The minimum Gasteiger partial charge on any atom is -0.339 e. The van der Waals surface area contributed by atoms with Gasteiger partial charge < -0.3 is 10.6 Å². The summed E-state index contributed by atoms with van der Waals surface area (Å²) in [6.07, 6.45) is 3.14. The molecule has 0 unspecified atom stereocenters. The number of hydrogen-bond acceptors (Lipinski definition) is 4. The Balaban J connectivity index is 2.23. The largest absolute Gasteiger partial charge is 0.339 e. The van der Waals surface area contributed by atoms with Crippen LogP contribution < -0.4 is 5.73 Å². The van der Waals surface area contributed by atoms with Crippen LogP contribution in [0, 0.1) is 15.9 Å². The third-order valence-corrected chi connectivity index (χ3v) is 4.00. The van der Waals surface area contributed by atoms with E-state index in [1.54, 1.807) is 7.05 Å². The first-order valence-electron chi connectivity index (χ1n) is 6.87. The number of hydrogen-bond donors (Lipinski definition) is 1. The van der Waals surface area contributed by atoms with Crippen molar-refractivity contribution in [1.82, 2.24) is 4.90 Å². The maximum absolute atomic E-state index is 13.3. The van der Waals surface area contributed by atoms with Crippen molar-refractivity contribution in [3.8, 4) is 0 Å². The molecule has 0 saturated heterocycles. The van der Waals surface area contributed by atoms with Crippen molar-refractivity contribution in [3.05, 3.63) is 39.7 Å². The Morgan fingerprint density at radius 2 is 2.00 bits per heavy atom. The summed E-state index contributed by atoms with van der Waals surface area (Å²) < 4.78 is 13.3. The van der Waals surface area contributed by atoms with Crippen LogP contribution in [-0.4, -0.2) is 34.9 Å². The molecule has 7 heteroatoms. The molecular weight excluding hydrogens is 277 g/mol. The van der Waals surface area contributed by atoms with Crippen LogP contribution in [0.2, 0.25) is 0 Å². The van der Waals surface area contributed by atoms with Crippen molar-refractivity contribution < 1.29 is 14.1 Å². The number of nitrogens with two attached hydrogens (primary N) is 1. The molecule has 1 aliphatic carbocycles. The Kier molecular flexibility index (Phi) is 4.52. The monoisotopic (exact) mass is 295 g/mol. The predicted octanol–water partition coefficient (Wildman–Crippen LogP) is 2.08. The molecule has 0 spiro atoms. The number of amides is 1. The van der Waals surface area contributed by atoms with Gasteiger partial charge >= 0.3 is 0 Å². The minimum absolute atomic E-state index is 0.0137. The summed E-state index contributed by atoms with van der Waals surface area (Å²) in [5, 5.41) is 11.0. The van der Waals surface area contributed by atoms with Crippen LogP contribution in [0.4, 0.5) is 10.1 Å². The van der Waals surface area contributed by atoms with Gasteiger partial charge in [0.2, 0.25) is 0 Å². The van der Waals surface area contributed by atoms with Crippen LogP contribution in [0.15, 0.2) is 18.2 Å². The summed E-state index contributed by atoms with van der Waals surface area (Å²) >= 11 is 0. The average molecular weight is 295 g/mol. The Morgan fingerprint density at radius 1 is 1.38 bits per heavy atom. The fourth-order valence-electron chi connectivity index (χ4n) is 2.68. The minimum atomic E-state index is -0.669. The van der Waals surface area contributed by atoms with Gasteiger partial charge in [-0.3, -0.25) is 14.9 Å². The zero-order chi connectivity index (χ0) is 15.6. The molecule has 1 aromatic rings. The second-order valence-electron chi connectivity index (χ2n) is 5.40. The normalized spacial score (nSPS) is 21.9. The van der Waals surface area contributed by atoms with Crippen molar-refractivity contribution in [2.24, 2.45) is 5.73 Å². The van der Waals surface area contributed by atoms with Crippen molar-refractivity contribution in [2.45, 2.75) is 37.8 Å². The maximum atomic E-state index is 13.3. The quantitative estimate of drug-likeness (QED) is 0.683. The molecule has 21 heavy (non-hydrogen) atoms. The van der Waals surface area contributed by atoms with Gasteiger partial charge in [-0.05, 0) is 37.8 Å². The Hall–Kier alpha value is -2.02. The summed E-state index contributed by atoms with van der Waals surface area (Å²) in [5.41, 5.74) is 5.24. The molecule has 1 amide bonds. The number of halogens is 1. The van der Waals surface area contributed by atoms with Gasteiger partial charge in [0, 0.05) is 25.2 Å². The number of nitro groups is 1. The van der Waals surface area contributed by atoms with E-state index in [0.29, 0.717) is 0 Å². The van der Waals surface area contributed by atoms with E-state index in [1.165, 1.54) is 4.90 Å². The van der Waals surface area contributed by atoms with E-state index in [4.69, 9.17) is 5.73 Å². The van der Waals surface area contributed by atoms with Crippen LogP contribution in [0.1, 0.15) is 36.0 Å². The highest BCUT2D eigenvalue weighted by atomic mass is 19.1. The van der Waals surface area contributed by atoms with Gasteiger partial charge in [-0.25, -0.2) is 4.39 Å². The number of nitro benzene ring substituents is 1. The lowest BCUT2D eigenvalue weighted by atomic mass is 9.90. The van der Waals surface area contributed by atoms with Gasteiger partial charge in [0.25, 0.3) is 11.6 Å². The van der Waals surface area contributed by atoms with Gasteiger partial charge in [-0.2, -0.15) is 0 Å². The molecule has 1 saturated carbocycles. The molecule has 6 nitrogen and oxygen atoms in total. The van der Waals surface area contributed by atoms with E-state index < -0.39 is 16.6 Å². The molecule has 0 aromatic heterocycles. The summed E-state index contributed by atoms with van der Waals surface area (Å²) in [5.74, 6) is -1.19. The molecule has 0 bridgehead atoms. The number of rotatable bonds is 3. The smallest absolute Gasteiger partial charge is 0.282 e. The second kappa shape index (κ2) is 6.17. The molecule has 0 heterocycles. The maximum Gasteiger partial charge on any atom is 0.282 e. The van der Waals surface area contributed by atoms with Crippen LogP contribution in [0.5, 0.6) is 0 Å². The van der Waals surface area contributed by atoms with Gasteiger partial charge in [-0.1, -0.05) is 0 Å². The Bertz CT molecular complexity index is 556. The van der Waals surface area contributed by atoms with Crippen molar-refractivity contribution in [1.29, 1.82) is 0 Å². The summed E-state index contributed by atoms with van der Waals surface area (Å²) in [7, 11) is 1.60. The van der Waals surface area contributed by atoms with E-state index in [1.807, 2.05) is 0 Å². The molecule has 0 aliphatic heterocycles. The molecule has 1 aliphatic rings. The van der Waals surface area contributed by atoms with Crippen molar-refractivity contribution in [2.75, 3.05) is 7.05 Å². The first kappa shape index (κ1) is 15.4. The zero-order valence-corrected chi connectivity index (χ0v) is 11.8. The van der Waals surface area contributed by atoms with Gasteiger partial charge in [-0.15, -0.1) is 0 Å². The van der Waals surface area contributed by atoms with E-state index in [0.717, 1.165) is 43.9 Å². The van der Waals surface area contributed by atoms with Gasteiger partial charge in [0.1, 0.15) is 11.4 Å². The lowest BCUT2D eigenvalue weighted by molar-refractivity contribution is -0.385. The van der Waals surface area contributed by atoms with E-state index in [9.17, 15) is 19.3 Å². The lowest BCUT2D eigenvalue weighted by Gasteiger charge is -2.33. The fourth-order valence-corrected chi connectivity index (χ4v) is 2.68. The first-order chi connectivity index (χ1) is 9.90. The van der Waals surface area contributed by atoms with Crippen molar-refractivity contribution in [3.63, 3.8) is 0 Å². The number of carbonyl (C=O) groups is 1. The van der Waals surface area contributed by atoms with E-state index in [2.05, 4.69) is 0 Å².